The summed E-state index contributed by atoms with van der Waals surface area (Å²) < 4.78 is 44.5. The van der Waals surface area contributed by atoms with Crippen molar-refractivity contribution < 1.29 is 17.9 Å². The molecule has 31 heavy (non-hydrogen) atoms. The monoisotopic (exact) mass is 430 g/mol. The third-order valence-corrected chi connectivity index (χ3v) is 5.46. The Morgan fingerprint density at radius 1 is 0.903 bits per heavy atom. The van der Waals surface area contributed by atoms with Crippen LogP contribution < -0.4 is 9.64 Å². The first-order valence-electron chi connectivity index (χ1n) is 10.5. The van der Waals surface area contributed by atoms with Crippen LogP contribution in [-0.4, -0.2) is 54.2 Å². The van der Waals surface area contributed by atoms with Crippen LogP contribution >= 0.6 is 0 Å². The average molecular weight is 430 g/mol. The minimum atomic E-state index is -4.31. The summed E-state index contributed by atoms with van der Waals surface area (Å²) in [6.45, 7) is 4.66. The lowest BCUT2D eigenvalue weighted by Crippen LogP contribution is -2.46. The Balaban J connectivity index is 1.17. The quantitative estimate of drug-likeness (QED) is 0.512. The van der Waals surface area contributed by atoms with Gasteiger partial charge in [0.15, 0.2) is 0 Å². The summed E-state index contributed by atoms with van der Waals surface area (Å²) >= 11 is 0. The summed E-state index contributed by atoms with van der Waals surface area (Å²) in [7, 11) is 0. The number of hydrogen-bond donors (Lipinski definition) is 0. The number of para-hydroxylation sites is 2. The van der Waals surface area contributed by atoms with Crippen LogP contribution in [0.4, 0.5) is 18.9 Å². The largest absolute Gasteiger partial charge is 0.477 e. The van der Waals surface area contributed by atoms with E-state index >= 15 is 0 Å². The number of ether oxygens (including phenoxy) is 1. The highest BCUT2D eigenvalue weighted by molar-refractivity contribution is 5.73. The van der Waals surface area contributed by atoms with E-state index in [1.54, 1.807) is 12.3 Å². The lowest BCUT2D eigenvalue weighted by molar-refractivity contribution is -0.137. The van der Waals surface area contributed by atoms with Crippen LogP contribution in [0.1, 0.15) is 18.4 Å². The Labute approximate surface area is 179 Å². The lowest BCUT2D eigenvalue weighted by Gasteiger charge is -2.36. The SMILES string of the molecule is FC(F)(F)c1cccc(N2CCN(CCCCOc3cnc4ccccc4n3)CC2)c1. The third-order valence-electron chi connectivity index (χ3n) is 5.46. The Hall–Kier alpha value is -2.87. The third kappa shape index (κ3) is 5.64. The Morgan fingerprint density at radius 3 is 2.45 bits per heavy atom. The number of piperazine rings is 1. The van der Waals surface area contributed by atoms with Crippen molar-refractivity contribution >= 4 is 16.7 Å². The molecule has 0 bridgehead atoms. The summed E-state index contributed by atoms with van der Waals surface area (Å²) in [6.07, 6.45) is -0.763. The first kappa shape index (κ1) is 21.4. The molecule has 1 saturated heterocycles. The molecule has 2 heterocycles. The van der Waals surface area contributed by atoms with E-state index in [2.05, 4.69) is 14.9 Å². The van der Waals surface area contributed by atoms with Crippen molar-refractivity contribution in [3.8, 4) is 5.88 Å². The van der Waals surface area contributed by atoms with Crippen molar-refractivity contribution in [3.63, 3.8) is 0 Å². The number of alkyl halides is 3. The molecule has 0 saturated carbocycles. The second-order valence-electron chi connectivity index (χ2n) is 7.63. The zero-order chi connectivity index (χ0) is 21.7. The van der Waals surface area contributed by atoms with Crippen molar-refractivity contribution in [1.82, 2.24) is 14.9 Å². The summed E-state index contributed by atoms with van der Waals surface area (Å²) in [5, 5.41) is 0. The molecule has 0 unspecified atom stereocenters. The van der Waals surface area contributed by atoms with Crippen LogP contribution in [0.3, 0.4) is 0 Å². The first-order valence-corrected chi connectivity index (χ1v) is 10.5. The second kappa shape index (κ2) is 9.51. The molecule has 0 atom stereocenters. The van der Waals surface area contributed by atoms with Gasteiger partial charge in [-0.25, -0.2) is 9.97 Å². The van der Waals surface area contributed by atoms with E-state index in [9.17, 15) is 13.2 Å². The smallest absolute Gasteiger partial charge is 0.416 e. The zero-order valence-electron chi connectivity index (χ0n) is 17.2. The topological polar surface area (TPSA) is 41.5 Å². The maximum absolute atomic E-state index is 12.9. The minimum Gasteiger partial charge on any atom is -0.477 e. The molecule has 0 aliphatic carbocycles. The van der Waals surface area contributed by atoms with Crippen molar-refractivity contribution in [2.75, 3.05) is 44.2 Å². The molecule has 5 nitrogen and oxygen atoms in total. The van der Waals surface area contributed by atoms with Crippen LogP contribution in [0.15, 0.2) is 54.7 Å². The summed E-state index contributed by atoms with van der Waals surface area (Å²) in [6, 6.07) is 13.3. The van der Waals surface area contributed by atoms with Gasteiger partial charge in [0.05, 0.1) is 29.4 Å². The highest BCUT2D eigenvalue weighted by Crippen LogP contribution is 2.31. The van der Waals surface area contributed by atoms with Crippen molar-refractivity contribution in [1.29, 1.82) is 0 Å². The molecule has 0 amide bonds. The minimum absolute atomic E-state index is 0.536. The van der Waals surface area contributed by atoms with Crippen LogP contribution in [0, 0.1) is 0 Å². The second-order valence-corrected chi connectivity index (χ2v) is 7.63. The van der Waals surface area contributed by atoms with E-state index in [-0.39, 0.29) is 0 Å². The number of aromatic nitrogens is 2. The van der Waals surface area contributed by atoms with Gasteiger partial charge in [-0.15, -0.1) is 0 Å². The molecule has 0 spiro atoms. The summed E-state index contributed by atoms with van der Waals surface area (Å²) in [5.74, 6) is 0.536. The fourth-order valence-electron chi connectivity index (χ4n) is 3.73. The number of halogens is 3. The van der Waals surface area contributed by atoms with Gasteiger partial charge in [-0.05, 0) is 49.7 Å². The molecule has 1 aliphatic heterocycles. The molecule has 1 fully saturated rings. The normalized spacial score (nSPS) is 15.4. The Kier molecular flexibility index (Phi) is 6.56. The van der Waals surface area contributed by atoms with E-state index in [0.717, 1.165) is 62.7 Å². The van der Waals surface area contributed by atoms with E-state index in [1.807, 2.05) is 29.2 Å². The molecule has 1 aliphatic rings. The molecule has 164 valence electrons. The zero-order valence-corrected chi connectivity index (χ0v) is 17.2. The van der Waals surface area contributed by atoms with Crippen LogP contribution in [0.25, 0.3) is 11.0 Å². The average Bonchev–Trinajstić information content (AvgIpc) is 2.79. The Morgan fingerprint density at radius 2 is 1.68 bits per heavy atom. The number of unbranched alkanes of at least 4 members (excludes halogenated alkanes) is 1. The summed E-state index contributed by atoms with van der Waals surface area (Å²) in [4.78, 5) is 13.2. The van der Waals surface area contributed by atoms with Gasteiger partial charge in [0, 0.05) is 31.9 Å². The van der Waals surface area contributed by atoms with Gasteiger partial charge < -0.3 is 9.64 Å². The number of fused-ring (bicyclic) bond motifs is 1. The molecular formula is C23H25F3N4O. The predicted molar refractivity (Wildman–Crippen MR) is 114 cm³/mol. The van der Waals surface area contributed by atoms with Crippen LogP contribution in [-0.2, 0) is 6.18 Å². The van der Waals surface area contributed by atoms with Gasteiger partial charge in [0.2, 0.25) is 5.88 Å². The number of nitrogens with zero attached hydrogens (tertiary/aromatic N) is 4. The van der Waals surface area contributed by atoms with Crippen LogP contribution in [0.2, 0.25) is 0 Å². The molecule has 4 rings (SSSR count). The highest BCUT2D eigenvalue weighted by atomic mass is 19.4. The Bertz CT molecular complexity index is 1000. The molecule has 8 heteroatoms. The van der Waals surface area contributed by atoms with Crippen LogP contribution in [0.5, 0.6) is 5.88 Å². The van der Waals surface area contributed by atoms with Gasteiger partial charge in [0.1, 0.15) is 0 Å². The maximum Gasteiger partial charge on any atom is 0.416 e. The number of rotatable bonds is 7. The first-order chi connectivity index (χ1) is 15.0. The lowest BCUT2D eigenvalue weighted by atomic mass is 10.1. The standard InChI is InChI=1S/C23H25F3N4O/c24-23(25,26)18-6-5-7-19(16-18)30-13-11-29(12-14-30)10-3-4-15-31-22-17-27-20-8-1-2-9-21(20)28-22/h1-2,5-9,16-17H,3-4,10-15H2. The van der Waals surface area contributed by atoms with E-state index in [1.165, 1.54) is 12.1 Å². The van der Waals surface area contributed by atoms with Gasteiger partial charge in [-0.3, -0.25) is 4.90 Å². The van der Waals surface area contributed by atoms with Gasteiger partial charge in [0.25, 0.3) is 0 Å². The van der Waals surface area contributed by atoms with Crippen molar-refractivity contribution in [3.05, 3.63) is 60.3 Å². The number of benzene rings is 2. The fourth-order valence-corrected chi connectivity index (χ4v) is 3.73. The molecule has 0 radical (unpaired) electrons. The van der Waals surface area contributed by atoms with E-state index < -0.39 is 11.7 Å². The number of anilines is 1. The molecule has 1 aromatic heterocycles. The van der Waals surface area contributed by atoms with E-state index in [4.69, 9.17) is 4.74 Å². The van der Waals surface area contributed by atoms with Gasteiger partial charge in [-0.1, -0.05) is 18.2 Å². The number of hydrogen-bond acceptors (Lipinski definition) is 5. The van der Waals surface area contributed by atoms with Crippen molar-refractivity contribution in [2.24, 2.45) is 0 Å². The molecule has 3 aromatic rings. The van der Waals surface area contributed by atoms with E-state index in [0.29, 0.717) is 18.2 Å². The molecule has 2 aromatic carbocycles. The fraction of sp³-hybridized carbons (Fsp3) is 0.391. The predicted octanol–water partition coefficient (Wildman–Crippen LogP) is 4.63. The van der Waals surface area contributed by atoms with Gasteiger partial charge >= 0.3 is 6.18 Å². The van der Waals surface area contributed by atoms with Gasteiger partial charge in [-0.2, -0.15) is 13.2 Å². The maximum atomic E-state index is 12.9. The summed E-state index contributed by atoms with van der Waals surface area (Å²) in [5.41, 5.74) is 1.71. The molecule has 0 N–H and O–H groups in total. The highest BCUT2D eigenvalue weighted by Gasteiger charge is 2.31. The van der Waals surface area contributed by atoms with Crippen molar-refractivity contribution in [2.45, 2.75) is 19.0 Å². The molecular weight excluding hydrogens is 405 g/mol.